The molecule has 0 aliphatic carbocycles. The van der Waals surface area contributed by atoms with Crippen molar-refractivity contribution in [1.29, 1.82) is 0 Å². The van der Waals surface area contributed by atoms with E-state index in [0.717, 1.165) is 10.4 Å². The van der Waals surface area contributed by atoms with Gasteiger partial charge < -0.3 is 4.57 Å². The molecule has 4 rings (SSSR count). The van der Waals surface area contributed by atoms with Crippen LogP contribution in [0.15, 0.2) is 18.6 Å². The molecule has 3 aromatic heterocycles. The summed E-state index contributed by atoms with van der Waals surface area (Å²) in [4.78, 5) is 8.35. The Morgan fingerprint density at radius 1 is 1.22 bits per heavy atom. The molecule has 1 unspecified atom stereocenters. The Morgan fingerprint density at radius 3 is 2.83 bits per heavy atom. The van der Waals surface area contributed by atoms with Gasteiger partial charge in [0.25, 0.3) is 0 Å². The number of aromatic nitrogens is 6. The molecule has 120 valence electrons. The molecule has 10 heteroatoms. The van der Waals surface area contributed by atoms with Crippen LogP contribution >= 0.6 is 11.6 Å². The van der Waals surface area contributed by atoms with E-state index in [0.29, 0.717) is 29.3 Å². The molecule has 0 N–H and O–H groups in total. The van der Waals surface area contributed by atoms with Crippen LogP contribution in [0, 0.1) is 0 Å². The molecular weight excluding hydrogens is 333 g/mol. The number of alkyl halides is 3. The molecule has 0 fully saturated rings. The van der Waals surface area contributed by atoms with Gasteiger partial charge in [0.15, 0.2) is 5.15 Å². The van der Waals surface area contributed by atoms with Crippen molar-refractivity contribution in [3.05, 3.63) is 41.2 Å². The SMILES string of the molecule is FC(F)(F)c1nnc2n1CCC(c1ncc3c(Cl)nccn13)C2. The third-order valence-electron chi connectivity index (χ3n) is 4.02. The summed E-state index contributed by atoms with van der Waals surface area (Å²) in [6, 6.07) is 0. The molecule has 0 aromatic carbocycles. The summed E-state index contributed by atoms with van der Waals surface area (Å²) in [7, 11) is 0. The van der Waals surface area contributed by atoms with Crippen molar-refractivity contribution < 1.29 is 13.2 Å². The van der Waals surface area contributed by atoms with E-state index in [1.165, 1.54) is 0 Å². The van der Waals surface area contributed by atoms with Crippen molar-refractivity contribution in [3.63, 3.8) is 0 Å². The summed E-state index contributed by atoms with van der Waals surface area (Å²) in [5.41, 5.74) is 0.673. The molecular formula is C13H10ClF3N6. The summed E-state index contributed by atoms with van der Waals surface area (Å²) in [6.45, 7) is 0.204. The Balaban J connectivity index is 1.71. The van der Waals surface area contributed by atoms with Crippen LogP contribution in [0.4, 0.5) is 13.2 Å². The van der Waals surface area contributed by atoms with Gasteiger partial charge in [0.1, 0.15) is 17.2 Å². The molecule has 0 saturated carbocycles. The lowest BCUT2D eigenvalue weighted by Gasteiger charge is -2.23. The topological polar surface area (TPSA) is 60.9 Å². The second kappa shape index (κ2) is 4.92. The number of rotatable bonds is 1. The number of halogens is 4. The molecule has 0 saturated heterocycles. The van der Waals surface area contributed by atoms with E-state index in [4.69, 9.17) is 11.6 Å². The molecule has 0 spiro atoms. The Labute approximate surface area is 132 Å². The number of hydrogen-bond acceptors (Lipinski definition) is 4. The first-order chi connectivity index (χ1) is 10.9. The summed E-state index contributed by atoms with van der Waals surface area (Å²) in [5, 5.41) is 7.33. The quantitative estimate of drug-likeness (QED) is 0.682. The fourth-order valence-corrected chi connectivity index (χ4v) is 3.17. The molecule has 0 bridgehead atoms. The normalized spacial score (nSPS) is 18.3. The van der Waals surface area contributed by atoms with Crippen LogP contribution in [-0.2, 0) is 19.1 Å². The first-order valence-electron chi connectivity index (χ1n) is 6.92. The van der Waals surface area contributed by atoms with Crippen molar-refractivity contribution in [2.75, 3.05) is 0 Å². The van der Waals surface area contributed by atoms with Gasteiger partial charge in [-0.3, -0.25) is 4.40 Å². The number of imidazole rings is 1. The molecule has 23 heavy (non-hydrogen) atoms. The molecule has 4 heterocycles. The van der Waals surface area contributed by atoms with Crippen LogP contribution in [-0.4, -0.2) is 29.1 Å². The van der Waals surface area contributed by atoms with Crippen LogP contribution < -0.4 is 0 Å². The minimum atomic E-state index is -4.49. The number of nitrogens with zero attached hydrogens (tertiary/aromatic N) is 6. The maximum absolute atomic E-state index is 12.9. The van der Waals surface area contributed by atoms with Gasteiger partial charge >= 0.3 is 6.18 Å². The largest absolute Gasteiger partial charge is 0.451 e. The molecule has 0 amide bonds. The third-order valence-corrected chi connectivity index (χ3v) is 4.31. The standard InChI is InChI=1S/C13H10ClF3N6/c14-10-8-6-19-11(22(8)4-2-18-10)7-1-3-23-9(5-7)20-21-12(23)13(15,16)17/h2,4,6-7H,1,3,5H2. The van der Waals surface area contributed by atoms with E-state index >= 15 is 0 Å². The highest BCUT2D eigenvalue weighted by molar-refractivity contribution is 6.32. The average molecular weight is 343 g/mol. The summed E-state index contributed by atoms with van der Waals surface area (Å²) in [5.74, 6) is 0.0810. The zero-order chi connectivity index (χ0) is 16.2. The van der Waals surface area contributed by atoms with Gasteiger partial charge in [0.2, 0.25) is 5.82 Å². The van der Waals surface area contributed by atoms with Crippen LogP contribution in [0.2, 0.25) is 5.15 Å². The van der Waals surface area contributed by atoms with E-state index in [2.05, 4.69) is 20.2 Å². The van der Waals surface area contributed by atoms with Gasteiger partial charge in [-0.05, 0) is 6.42 Å². The van der Waals surface area contributed by atoms with Gasteiger partial charge in [-0.2, -0.15) is 13.2 Å². The highest BCUT2D eigenvalue weighted by Crippen LogP contribution is 2.34. The zero-order valence-corrected chi connectivity index (χ0v) is 12.4. The zero-order valence-electron chi connectivity index (χ0n) is 11.6. The van der Waals surface area contributed by atoms with Crippen LogP contribution in [0.3, 0.4) is 0 Å². The number of fused-ring (bicyclic) bond motifs is 2. The monoisotopic (exact) mass is 342 g/mol. The van der Waals surface area contributed by atoms with Gasteiger partial charge in [-0.15, -0.1) is 10.2 Å². The second-order valence-electron chi connectivity index (χ2n) is 5.37. The Bertz CT molecular complexity index is 884. The van der Waals surface area contributed by atoms with Gasteiger partial charge in [0.05, 0.1) is 6.20 Å². The van der Waals surface area contributed by atoms with E-state index < -0.39 is 12.0 Å². The summed E-state index contributed by atoms with van der Waals surface area (Å²) < 4.78 is 41.6. The van der Waals surface area contributed by atoms with Crippen molar-refractivity contribution in [3.8, 4) is 0 Å². The summed E-state index contributed by atoms with van der Waals surface area (Å²) >= 11 is 6.02. The first-order valence-corrected chi connectivity index (χ1v) is 7.29. The van der Waals surface area contributed by atoms with Gasteiger partial charge in [-0.1, -0.05) is 11.6 Å². The maximum atomic E-state index is 12.9. The molecule has 1 aliphatic rings. The molecule has 0 radical (unpaired) electrons. The van der Waals surface area contributed by atoms with Crippen molar-refractivity contribution in [2.45, 2.75) is 31.5 Å². The Hall–Kier alpha value is -2.16. The average Bonchev–Trinajstić information content (AvgIpc) is 3.10. The lowest BCUT2D eigenvalue weighted by atomic mass is 9.97. The lowest BCUT2D eigenvalue weighted by Crippen LogP contribution is -2.24. The lowest BCUT2D eigenvalue weighted by molar-refractivity contribution is -0.147. The highest BCUT2D eigenvalue weighted by atomic mass is 35.5. The van der Waals surface area contributed by atoms with Gasteiger partial charge in [-0.25, -0.2) is 9.97 Å². The minimum absolute atomic E-state index is 0.0475. The predicted octanol–water partition coefficient (Wildman–Crippen LogP) is 2.72. The Kier molecular flexibility index (Phi) is 3.09. The fraction of sp³-hybridized carbons (Fsp3) is 0.385. The van der Waals surface area contributed by atoms with E-state index in [1.807, 2.05) is 4.40 Å². The molecule has 3 aromatic rings. The van der Waals surface area contributed by atoms with Crippen molar-refractivity contribution in [2.24, 2.45) is 0 Å². The Morgan fingerprint density at radius 2 is 2.04 bits per heavy atom. The maximum Gasteiger partial charge on any atom is 0.451 e. The van der Waals surface area contributed by atoms with E-state index in [1.54, 1.807) is 18.6 Å². The minimum Gasteiger partial charge on any atom is -0.307 e. The smallest absolute Gasteiger partial charge is 0.307 e. The molecule has 6 nitrogen and oxygen atoms in total. The van der Waals surface area contributed by atoms with Crippen LogP contribution in [0.25, 0.3) is 5.52 Å². The molecule has 1 atom stereocenters. The van der Waals surface area contributed by atoms with Gasteiger partial charge in [0, 0.05) is 31.3 Å². The fourth-order valence-electron chi connectivity index (χ4n) is 2.98. The first kappa shape index (κ1) is 14.4. The van der Waals surface area contributed by atoms with Crippen molar-refractivity contribution >= 4 is 17.1 Å². The third kappa shape index (κ3) is 2.26. The van der Waals surface area contributed by atoms with E-state index in [9.17, 15) is 13.2 Å². The predicted molar refractivity (Wildman–Crippen MR) is 74.1 cm³/mol. The molecule has 1 aliphatic heterocycles. The highest BCUT2D eigenvalue weighted by Gasteiger charge is 2.40. The van der Waals surface area contributed by atoms with Crippen LogP contribution in [0.1, 0.15) is 29.8 Å². The van der Waals surface area contributed by atoms with E-state index in [-0.39, 0.29) is 12.5 Å². The summed E-state index contributed by atoms with van der Waals surface area (Å²) in [6.07, 6.45) is 1.30. The van der Waals surface area contributed by atoms with Crippen LogP contribution in [0.5, 0.6) is 0 Å². The van der Waals surface area contributed by atoms with Crippen molar-refractivity contribution in [1.82, 2.24) is 29.1 Å². The number of hydrogen-bond donors (Lipinski definition) is 0. The second-order valence-corrected chi connectivity index (χ2v) is 5.73.